The summed E-state index contributed by atoms with van der Waals surface area (Å²) in [5.74, 6) is -0.324. The Morgan fingerprint density at radius 3 is 2.45 bits per heavy atom. The normalized spacial score (nSPS) is 17.9. The SMILES string of the molecule is CN1CCN(c2ccccc2NC(=O)c2cccc(S(=O)(=O)NC3CC3)c2)CC1. The molecule has 2 aliphatic rings. The van der Waals surface area contributed by atoms with Crippen molar-refractivity contribution in [3.8, 4) is 0 Å². The lowest BCUT2D eigenvalue weighted by Crippen LogP contribution is -2.44. The van der Waals surface area contributed by atoms with Crippen molar-refractivity contribution in [2.75, 3.05) is 43.4 Å². The van der Waals surface area contributed by atoms with Crippen LogP contribution in [-0.4, -0.2) is 58.5 Å². The van der Waals surface area contributed by atoms with Gasteiger partial charge in [0.15, 0.2) is 0 Å². The molecule has 1 heterocycles. The van der Waals surface area contributed by atoms with E-state index in [2.05, 4.69) is 26.9 Å². The molecule has 1 saturated heterocycles. The highest BCUT2D eigenvalue weighted by Crippen LogP contribution is 2.27. The Hall–Kier alpha value is -2.42. The van der Waals surface area contributed by atoms with E-state index in [9.17, 15) is 13.2 Å². The summed E-state index contributed by atoms with van der Waals surface area (Å²) < 4.78 is 27.5. The Bertz CT molecular complexity index is 996. The van der Waals surface area contributed by atoms with Gasteiger partial charge in [-0.3, -0.25) is 4.79 Å². The fourth-order valence-corrected chi connectivity index (χ4v) is 4.74. The number of carbonyl (C=O) groups is 1. The van der Waals surface area contributed by atoms with Gasteiger partial charge >= 0.3 is 0 Å². The Kier molecular flexibility index (Phi) is 5.58. The van der Waals surface area contributed by atoms with Crippen LogP contribution in [-0.2, 0) is 10.0 Å². The predicted octanol–water partition coefficient (Wildman–Crippen LogP) is 2.13. The second-order valence-electron chi connectivity index (χ2n) is 7.68. The highest BCUT2D eigenvalue weighted by molar-refractivity contribution is 7.89. The quantitative estimate of drug-likeness (QED) is 0.757. The number of nitrogens with one attached hydrogen (secondary N) is 2. The Balaban J connectivity index is 1.52. The van der Waals surface area contributed by atoms with Gasteiger partial charge in [-0.2, -0.15) is 0 Å². The molecule has 2 aromatic rings. The highest BCUT2D eigenvalue weighted by Gasteiger charge is 2.28. The molecule has 1 amide bonds. The van der Waals surface area contributed by atoms with E-state index in [0.29, 0.717) is 5.56 Å². The number of anilines is 2. The third kappa shape index (κ3) is 4.77. The summed E-state index contributed by atoms with van der Waals surface area (Å²) >= 11 is 0. The molecule has 2 fully saturated rings. The molecular formula is C21H26N4O3S. The van der Waals surface area contributed by atoms with Crippen molar-refractivity contribution in [2.45, 2.75) is 23.8 Å². The number of likely N-dealkylation sites (N-methyl/N-ethyl adjacent to an activating group) is 1. The van der Waals surface area contributed by atoms with Crippen LogP contribution in [0.15, 0.2) is 53.4 Å². The van der Waals surface area contributed by atoms with Crippen LogP contribution >= 0.6 is 0 Å². The predicted molar refractivity (Wildman–Crippen MR) is 114 cm³/mol. The first-order valence-corrected chi connectivity index (χ1v) is 11.4. The maximum atomic E-state index is 12.9. The maximum absolute atomic E-state index is 12.9. The van der Waals surface area contributed by atoms with Gasteiger partial charge < -0.3 is 15.1 Å². The molecular weight excluding hydrogens is 388 g/mol. The van der Waals surface area contributed by atoms with Crippen LogP contribution in [0, 0.1) is 0 Å². The van der Waals surface area contributed by atoms with Crippen molar-refractivity contribution in [1.82, 2.24) is 9.62 Å². The van der Waals surface area contributed by atoms with Crippen LogP contribution in [0.5, 0.6) is 0 Å². The molecule has 2 N–H and O–H groups in total. The van der Waals surface area contributed by atoms with Gasteiger partial charge in [0, 0.05) is 37.8 Å². The zero-order valence-corrected chi connectivity index (χ0v) is 17.3. The Labute approximate surface area is 171 Å². The van der Waals surface area contributed by atoms with Crippen LogP contribution in [0.3, 0.4) is 0 Å². The summed E-state index contributed by atoms with van der Waals surface area (Å²) in [4.78, 5) is 17.5. The molecule has 8 heteroatoms. The lowest BCUT2D eigenvalue weighted by Gasteiger charge is -2.35. The molecule has 29 heavy (non-hydrogen) atoms. The number of sulfonamides is 1. The second kappa shape index (κ2) is 8.14. The first-order valence-electron chi connectivity index (χ1n) is 9.89. The molecule has 1 aliphatic carbocycles. The Morgan fingerprint density at radius 2 is 1.72 bits per heavy atom. The fourth-order valence-electron chi connectivity index (χ4n) is 3.39. The number of para-hydroxylation sites is 2. The molecule has 2 aromatic carbocycles. The molecule has 0 unspecified atom stereocenters. The van der Waals surface area contributed by atoms with Gasteiger partial charge in [-0.15, -0.1) is 0 Å². The summed E-state index contributed by atoms with van der Waals surface area (Å²) in [5.41, 5.74) is 2.02. The van der Waals surface area contributed by atoms with Gasteiger partial charge in [0.2, 0.25) is 10.0 Å². The molecule has 154 valence electrons. The second-order valence-corrected chi connectivity index (χ2v) is 9.40. The standard InChI is InChI=1S/C21H26N4O3S/c1-24-11-13-25(14-12-24)20-8-3-2-7-19(20)22-21(26)16-5-4-6-18(15-16)29(27,28)23-17-9-10-17/h2-8,15,17,23H,9-14H2,1H3,(H,22,26). The fraction of sp³-hybridized carbons (Fsp3) is 0.381. The molecule has 0 radical (unpaired) electrons. The van der Waals surface area contributed by atoms with Crippen LogP contribution in [0.25, 0.3) is 0 Å². The first kappa shape index (κ1) is 19.9. The average molecular weight is 415 g/mol. The van der Waals surface area contributed by atoms with Gasteiger partial charge in [0.1, 0.15) is 0 Å². The summed E-state index contributed by atoms with van der Waals surface area (Å²) in [6.07, 6.45) is 1.73. The first-order chi connectivity index (χ1) is 13.9. The van der Waals surface area contributed by atoms with Crippen molar-refractivity contribution < 1.29 is 13.2 Å². The average Bonchev–Trinajstić information content (AvgIpc) is 3.52. The van der Waals surface area contributed by atoms with E-state index >= 15 is 0 Å². The molecule has 0 bridgehead atoms. The van der Waals surface area contributed by atoms with Crippen molar-refractivity contribution >= 4 is 27.3 Å². The third-order valence-electron chi connectivity index (χ3n) is 5.30. The largest absolute Gasteiger partial charge is 0.367 e. The van der Waals surface area contributed by atoms with Gasteiger partial charge in [-0.05, 0) is 50.2 Å². The molecule has 1 saturated carbocycles. The molecule has 4 rings (SSSR count). The van der Waals surface area contributed by atoms with Gasteiger partial charge in [0.05, 0.1) is 16.3 Å². The van der Waals surface area contributed by atoms with Crippen LogP contribution in [0.1, 0.15) is 23.2 Å². The van der Waals surface area contributed by atoms with E-state index < -0.39 is 10.0 Å². The van der Waals surface area contributed by atoms with E-state index in [-0.39, 0.29) is 16.8 Å². The lowest BCUT2D eigenvalue weighted by atomic mass is 10.2. The number of hydrogen-bond acceptors (Lipinski definition) is 5. The number of carbonyl (C=O) groups excluding carboxylic acids is 1. The molecule has 7 nitrogen and oxygen atoms in total. The van der Waals surface area contributed by atoms with Gasteiger partial charge in [-0.25, -0.2) is 13.1 Å². The molecule has 1 aliphatic heterocycles. The number of piperazine rings is 1. The minimum atomic E-state index is -3.60. The van der Waals surface area contributed by atoms with Crippen molar-refractivity contribution in [3.05, 3.63) is 54.1 Å². The van der Waals surface area contributed by atoms with E-state index in [0.717, 1.165) is 50.4 Å². The summed E-state index contributed by atoms with van der Waals surface area (Å²) in [7, 11) is -1.50. The van der Waals surface area contributed by atoms with Crippen molar-refractivity contribution in [2.24, 2.45) is 0 Å². The van der Waals surface area contributed by atoms with Crippen LogP contribution < -0.4 is 14.9 Å². The van der Waals surface area contributed by atoms with E-state index in [1.54, 1.807) is 12.1 Å². The topological polar surface area (TPSA) is 81.8 Å². The van der Waals surface area contributed by atoms with E-state index in [1.165, 1.54) is 12.1 Å². The number of benzene rings is 2. The van der Waals surface area contributed by atoms with Crippen molar-refractivity contribution in [1.29, 1.82) is 0 Å². The minimum absolute atomic E-state index is 0.0212. The van der Waals surface area contributed by atoms with Crippen LogP contribution in [0.4, 0.5) is 11.4 Å². The maximum Gasteiger partial charge on any atom is 0.255 e. The van der Waals surface area contributed by atoms with Crippen LogP contribution in [0.2, 0.25) is 0 Å². The van der Waals surface area contributed by atoms with E-state index in [1.807, 2.05) is 24.3 Å². The smallest absolute Gasteiger partial charge is 0.255 e. The van der Waals surface area contributed by atoms with Gasteiger partial charge in [-0.1, -0.05) is 18.2 Å². The molecule has 0 atom stereocenters. The number of nitrogens with zero attached hydrogens (tertiary/aromatic N) is 2. The third-order valence-corrected chi connectivity index (χ3v) is 6.82. The minimum Gasteiger partial charge on any atom is -0.367 e. The molecule has 0 aromatic heterocycles. The van der Waals surface area contributed by atoms with Gasteiger partial charge in [0.25, 0.3) is 5.91 Å². The number of rotatable bonds is 6. The lowest BCUT2D eigenvalue weighted by molar-refractivity contribution is 0.102. The van der Waals surface area contributed by atoms with Crippen molar-refractivity contribution in [3.63, 3.8) is 0 Å². The zero-order chi connectivity index (χ0) is 20.4. The summed E-state index contributed by atoms with van der Waals surface area (Å²) in [5, 5.41) is 2.96. The van der Waals surface area contributed by atoms with E-state index in [4.69, 9.17) is 0 Å². The monoisotopic (exact) mass is 414 g/mol. The Morgan fingerprint density at radius 1 is 1.00 bits per heavy atom. The summed E-state index contributed by atoms with van der Waals surface area (Å²) in [6.45, 7) is 3.72. The highest BCUT2D eigenvalue weighted by atomic mass is 32.2. The zero-order valence-electron chi connectivity index (χ0n) is 16.5. The number of hydrogen-bond donors (Lipinski definition) is 2. The molecule has 0 spiro atoms. The summed E-state index contributed by atoms with van der Waals surface area (Å²) in [6, 6.07) is 13.9. The number of amides is 1.